The Balaban J connectivity index is 2.63. The van der Waals surface area contributed by atoms with E-state index in [1.807, 2.05) is 65.0 Å². The summed E-state index contributed by atoms with van der Waals surface area (Å²) in [6, 6.07) is 0. The average Bonchev–Trinajstić information content (AvgIpc) is 2.82. The molecule has 0 unspecified atom stereocenters. The maximum atomic E-state index is 12.9. The minimum atomic E-state index is -1.01. The van der Waals surface area contributed by atoms with Crippen LogP contribution in [0.5, 0.6) is 0 Å². The summed E-state index contributed by atoms with van der Waals surface area (Å²) in [6.45, 7) is 15.3. The first-order valence-corrected chi connectivity index (χ1v) is 13.4. The highest BCUT2D eigenvalue weighted by Gasteiger charge is 2.29. The largest absolute Gasteiger partial charge is 0.478 e. The van der Waals surface area contributed by atoms with Crippen LogP contribution in [0.15, 0.2) is 71.4 Å². The van der Waals surface area contributed by atoms with Crippen molar-refractivity contribution >= 4 is 17.7 Å². The van der Waals surface area contributed by atoms with Gasteiger partial charge in [0.25, 0.3) is 0 Å². The molecular formula is C32H46O6. The zero-order chi connectivity index (χ0) is 29.0. The number of carboxylic acids is 1. The van der Waals surface area contributed by atoms with Crippen LogP contribution in [0, 0.1) is 29.6 Å². The van der Waals surface area contributed by atoms with E-state index in [0.717, 1.165) is 23.6 Å². The van der Waals surface area contributed by atoms with E-state index in [4.69, 9.17) is 9.84 Å². The number of carboxylic acid groups (broad SMARTS) is 1. The van der Waals surface area contributed by atoms with Gasteiger partial charge in [0.1, 0.15) is 11.9 Å². The van der Waals surface area contributed by atoms with Crippen LogP contribution in [0.3, 0.4) is 0 Å². The number of esters is 1. The minimum Gasteiger partial charge on any atom is -0.478 e. The van der Waals surface area contributed by atoms with Gasteiger partial charge in [-0.15, -0.1) is 0 Å². The summed E-state index contributed by atoms with van der Waals surface area (Å²) in [4.78, 5) is 35.2. The fraction of sp³-hybridized carbons (Fsp3) is 0.531. The van der Waals surface area contributed by atoms with Crippen molar-refractivity contribution in [2.75, 3.05) is 0 Å². The number of allylic oxidation sites excluding steroid dienone is 8. The van der Waals surface area contributed by atoms with Crippen LogP contribution in [-0.2, 0) is 19.1 Å². The van der Waals surface area contributed by atoms with Crippen LogP contribution >= 0.6 is 0 Å². The maximum absolute atomic E-state index is 12.9. The fourth-order valence-corrected chi connectivity index (χ4v) is 4.63. The van der Waals surface area contributed by atoms with Crippen molar-refractivity contribution < 1.29 is 29.3 Å². The van der Waals surface area contributed by atoms with Gasteiger partial charge in [-0.1, -0.05) is 87.8 Å². The highest BCUT2D eigenvalue weighted by molar-refractivity contribution is 5.85. The summed E-state index contributed by atoms with van der Waals surface area (Å²) in [7, 11) is 0. The first kappa shape index (κ1) is 33.0. The normalized spacial score (nSPS) is 23.3. The Morgan fingerprint density at radius 2 is 1.68 bits per heavy atom. The summed E-state index contributed by atoms with van der Waals surface area (Å²) >= 11 is 0. The molecule has 0 amide bonds. The van der Waals surface area contributed by atoms with Crippen molar-refractivity contribution in [3.05, 3.63) is 71.4 Å². The molecule has 0 radical (unpaired) electrons. The third-order valence-electron chi connectivity index (χ3n) is 6.81. The first-order chi connectivity index (χ1) is 17.7. The van der Waals surface area contributed by atoms with Gasteiger partial charge in [-0.3, -0.25) is 4.79 Å². The summed E-state index contributed by atoms with van der Waals surface area (Å²) < 4.78 is 5.34. The number of carbonyl (C=O) groups excluding carboxylic acids is 2. The van der Waals surface area contributed by atoms with Gasteiger partial charge in [0.05, 0.1) is 6.10 Å². The molecule has 1 rings (SSSR count). The molecule has 0 fully saturated rings. The molecule has 6 heteroatoms. The molecule has 6 nitrogen and oxygen atoms in total. The lowest BCUT2D eigenvalue weighted by Crippen LogP contribution is -2.34. The average molecular weight is 527 g/mol. The van der Waals surface area contributed by atoms with Gasteiger partial charge in [0, 0.05) is 29.9 Å². The van der Waals surface area contributed by atoms with Gasteiger partial charge in [0.2, 0.25) is 0 Å². The molecule has 0 saturated heterocycles. The number of ketones is 1. The van der Waals surface area contributed by atoms with E-state index < -0.39 is 18.0 Å². The molecule has 210 valence electrons. The van der Waals surface area contributed by atoms with Crippen LogP contribution < -0.4 is 0 Å². The number of hydrogen-bond acceptors (Lipinski definition) is 5. The number of ether oxygens (including phenoxy) is 1. The van der Waals surface area contributed by atoms with Gasteiger partial charge in [-0.05, 0) is 51.5 Å². The molecule has 7 atom stereocenters. The number of hydrogen-bond donors (Lipinski definition) is 2. The van der Waals surface area contributed by atoms with E-state index in [2.05, 4.69) is 19.1 Å². The number of carbonyl (C=O) groups is 3. The van der Waals surface area contributed by atoms with Crippen molar-refractivity contribution in [3.63, 3.8) is 0 Å². The van der Waals surface area contributed by atoms with E-state index >= 15 is 0 Å². The molecule has 0 bridgehead atoms. The smallest absolute Gasteiger partial charge is 0.331 e. The van der Waals surface area contributed by atoms with Crippen molar-refractivity contribution in [1.82, 2.24) is 0 Å². The third-order valence-corrected chi connectivity index (χ3v) is 6.81. The van der Waals surface area contributed by atoms with Crippen LogP contribution in [0.1, 0.15) is 68.2 Å². The van der Waals surface area contributed by atoms with Crippen molar-refractivity contribution in [1.29, 1.82) is 0 Å². The molecule has 2 N–H and O–H groups in total. The van der Waals surface area contributed by atoms with E-state index in [1.54, 1.807) is 13.8 Å². The van der Waals surface area contributed by atoms with Crippen molar-refractivity contribution in [2.24, 2.45) is 29.6 Å². The number of cyclic esters (lactones) is 1. The van der Waals surface area contributed by atoms with E-state index in [-0.39, 0.29) is 35.6 Å². The highest BCUT2D eigenvalue weighted by atomic mass is 16.5. The van der Waals surface area contributed by atoms with Crippen LogP contribution in [0.25, 0.3) is 0 Å². The predicted molar refractivity (Wildman–Crippen MR) is 152 cm³/mol. The Hall–Kier alpha value is -2.99. The van der Waals surface area contributed by atoms with Gasteiger partial charge < -0.3 is 14.9 Å². The highest BCUT2D eigenvalue weighted by Crippen LogP contribution is 2.24. The lowest BCUT2D eigenvalue weighted by molar-refractivity contribution is -0.143. The van der Waals surface area contributed by atoms with E-state index in [0.29, 0.717) is 17.9 Å². The molecular weight excluding hydrogens is 480 g/mol. The second-order valence-corrected chi connectivity index (χ2v) is 10.9. The summed E-state index contributed by atoms with van der Waals surface area (Å²) in [5, 5.41) is 19.5. The van der Waals surface area contributed by atoms with E-state index in [9.17, 15) is 19.5 Å². The maximum Gasteiger partial charge on any atom is 0.331 e. The standard InChI is InChI=1S/C32H46O6/c1-20(16-22(3)12-14-28-24(5)13-15-30(35)38-28)10-9-11-21(2)17-25(6)31(36)27(8)32(37)26(7)18-23(4)19-29(33)34/h9,11-17,19-20,24-28,32,37H,10,18H2,1-8H3,(H,33,34)/b11-9+,14-12+,21-17+,22-16-,23-19+/t20-,24+,25+,26-,27+,28-,32-/m1/s1. The molecule has 38 heavy (non-hydrogen) atoms. The van der Waals surface area contributed by atoms with E-state index in [1.165, 1.54) is 6.08 Å². The van der Waals surface area contributed by atoms with Gasteiger partial charge in [-0.2, -0.15) is 0 Å². The molecule has 0 spiro atoms. The number of aliphatic hydroxyl groups is 1. The molecule has 0 saturated carbocycles. The summed E-state index contributed by atoms with van der Waals surface area (Å²) in [5.74, 6) is -2.02. The number of aliphatic hydroxyl groups excluding tert-OH is 1. The Labute approximate surface area is 228 Å². The van der Waals surface area contributed by atoms with Crippen molar-refractivity contribution in [2.45, 2.75) is 80.4 Å². The molecule has 0 aromatic heterocycles. The zero-order valence-corrected chi connectivity index (χ0v) is 24.2. The van der Waals surface area contributed by atoms with Crippen LogP contribution in [0.4, 0.5) is 0 Å². The Morgan fingerprint density at radius 3 is 2.32 bits per heavy atom. The predicted octanol–water partition coefficient (Wildman–Crippen LogP) is 6.39. The lowest BCUT2D eigenvalue weighted by atomic mass is 9.83. The molecule has 0 aromatic carbocycles. The summed E-state index contributed by atoms with van der Waals surface area (Å²) in [6.07, 6.45) is 16.8. The second kappa shape index (κ2) is 16.1. The quantitative estimate of drug-likeness (QED) is 0.154. The number of aliphatic carboxylic acids is 1. The first-order valence-electron chi connectivity index (χ1n) is 13.4. The van der Waals surface area contributed by atoms with Gasteiger partial charge in [-0.25, -0.2) is 9.59 Å². The Kier molecular flexibility index (Phi) is 14.0. The van der Waals surface area contributed by atoms with Crippen LogP contribution in [0.2, 0.25) is 0 Å². The Morgan fingerprint density at radius 1 is 1.05 bits per heavy atom. The van der Waals surface area contributed by atoms with Crippen LogP contribution in [-0.4, -0.2) is 40.1 Å². The lowest BCUT2D eigenvalue weighted by Gasteiger charge is -2.25. The SMILES string of the molecule is CC(=C/[C@H](C)C/C=C/C(C)=C/[C@H](C)C(=O)[C@H](C)[C@H](O)[C@H](C)C/C(C)=C/C(=O)O)/C=C/[C@H]1OC(=O)C=C[C@@H]1C. The number of rotatable bonds is 14. The molecule has 1 aliphatic rings. The van der Waals surface area contributed by atoms with Crippen molar-refractivity contribution in [3.8, 4) is 0 Å². The Bertz CT molecular complexity index is 1010. The molecule has 1 heterocycles. The minimum absolute atomic E-state index is 0.0378. The second-order valence-electron chi connectivity index (χ2n) is 10.9. The van der Waals surface area contributed by atoms with Gasteiger partial charge >= 0.3 is 11.9 Å². The molecule has 1 aliphatic heterocycles. The topological polar surface area (TPSA) is 101 Å². The van der Waals surface area contributed by atoms with Gasteiger partial charge in [0.15, 0.2) is 0 Å². The molecule has 0 aromatic rings. The number of Topliss-reactive ketones (excluding diaryl/α,β-unsaturated/α-hetero) is 1. The fourth-order valence-electron chi connectivity index (χ4n) is 4.63. The monoisotopic (exact) mass is 526 g/mol. The third kappa shape index (κ3) is 12.0. The zero-order valence-electron chi connectivity index (χ0n) is 24.2. The molecule has 0 aliphatic carbocycles. The summed E-state index contributed by atoms with van der Waals surface area (Å²) in [5.41, 5.74) is 2.75.